The molecule has 0 spiro atoms. The van der Waals surface area contributed by atoms with Crippen LogP contribution in [0.1, 0.15) is 33.3 Å². The second kappa shape index (κ2) is 5.98. The van der Waals surface area contributed by atoms with Crippen molar-refractivity contribution in [3.63, 3.8) is 0 Å². The van der Waals surface area contributed by atoms with Crippen LogP contribution in [0.25, 0.3) is 0 Å². The van der Waals surface area contributed by atoms with Gasteiger partial charge in [-0.15, -0.1) is 0 Å². The zero-order chi connectivity index (χ0) is 17.5. The van der Waals surface area contributed by atoms with Crippen LogP contribution in [0.5, 0.6) is 0 Å². The molecule has 23 heavy (non-hydrogen) atoms. The molecule has 0 saturated heterocycles. The predicted molar refractivity (Wildman–Crippen MR) is 76.3 cm³/mol. The summed E-state index contributed by atoms with van der Waals surface area (Å²) in [4.78, 5) is 12.1. The van der Waals surface area contributed by atoms with Crippen molar-refractivity contribution in [2.45, 2.75) is 34.3 Å². The summed E-state index contributed by atoms with van der Waals surface area (Å²) >= 11 is 0. The lowest BCUT2D eigenvalue weighted by Gasteiger charge is -2.08. The summed E-state index contributed by atoms with van der Waals surface area (Å²) in [6.45, 7) is 6.82. The Morgan fingerprint density at radius 1 is 1.17 bits per heavy atom. The SMILES string of the molecule is CC(C)=C[C@@H]1[C@@H](C(=O)OCc2c(F)cc(F)c(F)c2F)C1(C)C. The molecule has 0 N–H and O–H groups in total. The van der Waals surface area contributed by atoms with E-state index in [-0.39, 0.29) is 17.4 Å². The molecule has 1 aromatic rings. The standard InChI is InChI=1S/C17H18F4O2/c1-8(2)5-10-13(17(10,3)4)16(22)23-7-9-11(18)6-12(19)15(21)14(9)20/h5-6,10,13H,7H2,1-4H3/t10-,13+/m1/s1. The van der Waals surface area contributed by atoms with E-state index in [4.69, 9.17) is 4.74 Å². The highest BCUT2D eigenvalue weighted by Crippen LogP contribution is 2.59. The summed E-state index contributed by atoms with van der Waals surface area (Å²) in [5, 5.41) is 0. The Hall–Kier alpha value is -1.85. The molecular weight excluding hydrogens is 312 g/mol. The molecule has 0 aromatic heterocycles. The quantitative estimate of drug-likeness (QED) is 0.267. The van der Waals surface area contributed by atoms with Crippen LogP contribution in [0.15, 0.2) is 17.7 Å². The van der Waals surface area contributed by atoms with Crippen LogP contribution in [-0.4, -0.2) is 5.97 Å². The van der Waals surface area contributed by atoms with Crippen LogP contribution in [0, 0.1) is 40.5 Å². The molecule has 0 bridgehead atoms. The number of carbonyl (C=O) groups is 1. The van der Waals surface area contributed by atoms with Crippen molar-refractivity contribution in [3.8, 4) is 0 Å². The fraction of sp³-hybridized carbons (Fsp3) is 0.471. The summed E-state index contributed by atoms with van der Waals surface area (Å²) in [6, 6.07) is 0.231. The molecule has 1 saturated carbocycles. The average molecular weight is 330 g/mol. The molecular formula is C17H18F4O2. The minimum Gasteiger partial charge on any atom is -0.460 e. The van der Waals surface area contributed by atoms with Gasteiger partial charge in [0, 0.05) is 6.07 Å². The number of ether oxygens (including phenoxy) is 1. The van der Waals surface area contributed by atoms with Crippen molar-refractivity contribution >= 4 is 5.97 Å². The van der Waals surface area contributed by atoms with E-state index in [2.05, 4.69) is 0 Å². The number of hydrogen-bond donors (Lipinski definition) is 0. The first-order chi connectivity index (χ1) is 10.6. The Labute approximate surface area is 132 Å². The number of benzene rings is 1. The van der Waals surface area contributed by atoms with E-state index in [1.807, 2.05) is 33.8 Å². The minimum absolute atomic E-state index is 0.0142. The Balaban J connectivity index is 2.10. The smallest absolute Gasteiger partial charge is 0.310 e. The molecule has 2 atom stereocenters. The van der Waals surface area contributed by atoms with Gasteiger partial charge in [0.05, 0.1) is 11.5 Å². The van der Waals surface area contributed by atoms with Crippen LogP contribution >= 0.6 is 0 Å². The van der Waals surface area contributed by atoms with Crippen molar-refractivity contribution in [2.75, 3.05) is 0 Å². The number of allylic oxidation sites excluding steroid dienone is 2. The molecule has 1 aliphatic carbocycles. The minimum atomic E-state index is -1.79. The van der Waals surface area contributed by atoms with Crippen molar-refractivity contribution in [1.29, 1.82) is 0 Å². The van der Waals surface area contributed by atoms with E-state index in [0.717, 1.165) is 5.57 Å². The van der Waals surface area contributed by atoms with Gasteiger partial charge in [-0.2, -0.15) is 0 Å². The van der Waals surface area contributed by atoms with E-state index < -0.39 is 47.3 Å². The zero-order valence-electron chi connectivity index (χ0n) is 13.3. The molecule has 0 amide bonds. The number of halogens is 4. The van der Waals surface area contributed by atoms with Crippen LogP contribution in [-0.2, 0) is 16.1 Å². The van der Waals surface area contributed by atoms with Crippen molar-refractivity contribution in [2.24, 2.45) is 17.3 Å². The van der Waals surface area contributed by atoms with Crippen LogP contribution in [0.2, 0.25) is 0 Å². The third-order valence-corrected chi connectivity index (χ3v) is 4.25. The van der Waals surface area contributed by atoms with Gasteiger partial charge < -0.3 is 4.74 Å². The van der Waals surface area contributed by atoms with Gasteiger partial charge in [-0.1, -0.05) is 25.5 Å². The number of hydrogen-bond acceptors (Lipinski definition) is 2. The first-order valence-electron chi connectivity index (χ1n) is 7.21. The van der Waals surface area contributed by atoms with Crippen LogP contribution in [0.4, 0.5) is 17.6 Å². The van der Waals surface area contributed by atoms with Crippen LogP contribution < -0.4 is 0 Å². The molecule has 0 radical (unpaired) electrons. The first-order valence-corrected chi connectivity index (χ1v) is 7.21. The van der Waals surface area contributed by atoms with Gasteiger partial charge in [0.25, 0.3) is 0 Å². The first kappa shape index (κ1) is 17.5. The molecule has 1 fully saturated rings. The molecule has 0 heterocycles. The maximum atomic E-state index is 13.5. The lowest BCUT2D eigenvalue weighted by atomic mass is 10.1. The highest BCUT2D eigenvalue weighted by Gasteiger charge is 2.61. The fourth-order valence-electron chi connectivity index (χ4n) is 2.77. The van der Waals surface area contributed by atoms with Gasteiger partial charge in [-0.05, 0) is 25.2 Å². The molecule has 0 aliphatic heterocycles. The van der Waals surface area contributed by atoms with Gasteiger partial charge >= 0.3 is 5.97 Å². The summed E-state index contributed by atoms with van der Waals surface area (Å²) < 4.78 is 58.0. The molecule has 0 unspecified atom stereocenters. The second-order valence-electron chi connectivity index (χ2n) is 6.62. The zero-order valence-corrected chi connectivity index (χ0v) is 13.3. The fourth-order valence-corrected chi connectivity index (χ4v) is 2.77. The van der Waals surface area contributed by atoms with Crippen LogP contribution in [0.3, 0.4) is 0 Å². The largest absolute Gasteiger partial charge is 0.460 e. The molecule has 126 valence electrons. The summed E-state index contributed by atoms with van der Waals surface area (Å²) in [5.74, 6) is -7.42. The van der Waals surface area contributed by atoms with E-state index in [1.54, 1.807) is 0 Å². The van der Waals surface area contributed by atoms with E-state index in [1.165, 1.54) is 0 Å². The molecule has 6 heteroatoms. The Bertz CT molecular complexity index is 676. The molecule has 1 aliphatic rings. The summed E-state index contributed by atoms with van der Waals surface area (Å²) in [7, 11) is 0. The molecule has 2 nitrogen and oxygen atoms in total. The Morgan fingerprint density at radius 2 is 1.78 bits per heavy atom. The van der Waals surface area contributed by atoms with E-state index >= 15 is 0 Å². The predicted octanol–water partition coefficient (Wildman–Crippen LogP) is 4.52. The van der Waals surface area contributed by atoms with Gasteiger partial charge in [0.15, 0.2) is 17.5 Å². The average Bonchev–Trinajstić information content (AvgIpc) is 2.96. The van der Waals surface area contributed by atoms with Crippen molar-refractivity contribution < 1.29 is 27.1 Å². The monoisotopic (exact) mass is 330 g/mol. The van der Waals surface area contributed by atoms with Crippen molar-refractivity contribution in [1.82, 2.24) is 0 Å². The third-order valence-electron chi connectivity index (χ3n) is 4.25. The van der Waals surface area contributed by atoms with Gasteiger partial charge in [0.2, 0.25) is 0 Å². The number of esters is 1. The lowest BCUT2D eigenvalue weighted by molar-refractivity contribution is -0.147. The Morgan fingerprint density at radius 3 is 2.35 bits per heavy atom. The van der Waals surface area contributed by atoms with Gasteiger partial charge in [-0.25, -0.2) is 17.6 Å². The number of rotatable bonds is 4. The maximum Gasteiger partial charge on any atom is 0.310 e. The second-order valence-corrected chi connectivity index (χ2v) is 6.62. The summed E-state index contributed by atoms with van der Waals surface area (Å²) in [6.07, 6.45) is 1.95. The highest BCUT2D eigenvalue weighted by molar-refractivity contribution is 5.78. The van der Waals surface area contributed by atoms with Gasteiger partial charge in [-0.3, -0.25) is 4.79 Å². The Kier molecular flexibility index (Phi) is 4.55. The van der Waals surface area contributed by atoms with Crippen molar-refractivity contribution in [3.05, 3.63) is 46.5 Å². The topological polar surface area (TPSA) is 26.3 Å². The van der Waals surface area contributed by atoms with E-state index in [0.29, 0.717) is 0 Å². The van der Waals surface area contributed by atoms with E-state index in [9.17, 15) is 22.4 Å². The number of carbonyl (C=O) groups excluding carboxylic acids is 1. The lowest BCUT2D eigenvalue weighted by Crippen LogP contribution is -2.13. The normalized spacial score (nSPS) is 21.7. The third kappa shape index (κ3) is 3.26. The highest BCUT2D eigenvalue weighted by atomic mass is 19.2. The maximum absolute atomic E-state index is 13.5. The summed E-state index contributed by atoms with van der Waals surface area (Å²) in [5.41, 5.74) is -0.0509. The van der Waals surface area contributed by atoms with Gasteiger partial charge in [0.1, 0.15) is 12.4 Å². The molecule has 2 rings (SSSR count). The molecule has 1 aromatic carbocycles.